The molecule has 0 saturated carbocycles. The van der Waals surface area contributed by atoms with Gasteiger partial charge in [-0.15, -0.1) is 0 Å². The average molecular weight is 244 g/mol. The van der Waals surface area contributed by atoms with E-state index in [1.165, 1.54) is 0 Å². The largest absolute Gasteiger partial charge is 0.375 e. The molecule has 0 aliphatic carbocycles. The van der Waals surface area contributed by atoms with Crippen molar-refractivity contribution >= 4 is 15.9 Å². The van der Waals surface area contributed by atoms with Gasteiger partial charge in [0.2, 0.25) is 0 Å². The molecule has 2 nitrogen and oxygen atoms in total. The van der Waals surface area contributed by atoms with Crippen LogP contribution in [0.25, 0.3) is 0 Å². The lowest BCUT2D eigenvalue weighted by Gasteiger charge is -2.06. The zero-order valence-electron chi connectivity index (χ0n) is 7.66. The van der Waals surface area contributed by atoms with E-state index in [1.54, 1.807) is 0 Å². The zero-order chi connectivity index (χ0) is 9.68. The number of halogens is 1. The third kappa shape index (κ3) is 4.41. The lowest BCUT2D eigenvalue weighted by Crippen LogP contribution is -2.21. The predicted molar refractivity (Wildman–Crippen MR) is 57.4 cm³/mol. The van der Waals surface area contributed by atoms with E-state index in [0.717, 1.165) is 10.0 Å². The summed E-state index contributed by atoms with van der Waals surface area (Å²) < 4.78 is 6.47. The van der Waals surface area contributed by atoms with E-state index in [9.17, 15) is 0 Å². The minimum Gasteiger partial charge on any atom is -0.375 e. The molecule has 1 aromatic carbocycles. The van der Waals surface area contributed by atoms with Crippen LogP contribution in [-0.2, 0) is 11.3 Å². The molecule has 3 heteroatoms. The van der Waals surface area contributed by atoms with Crippen molar-refractivity contribution in [1.82, 2.24) is 0 Å². The third-order valence-electron chi connectivity index (χ3n) is 1.54. The van der Waals surface area contributed by atoms with Gasteiger partial charge < -0.3 is 10.5 Å². The van der Waals surface area contributed by atoms with Gasteiger partial charge in [0.25, 0.3) is 0 Å². The van der Waals surface area contributed by atoms with Crippen LogP contribution in [0, 0.1) is 0 Å². The molecular weight excluding hydrogens is 230 g/mol. The van der Waals surface area contributed by atoms with Crippen LogP contribution in [0.1, 0.15) is 12.5 Å². The highest BCUT2D eigenvalue weighted by Crippen LogP contribution is 2.12. The quantitative estimate of drug-likeness (QED) is 0.882. The Morgan fingerprint density at radius 1 is 1.54 bits per heavy atom. The standard InChI is InChI=1S/C10H14BrNO/c1-8(12)6-13-7-9-3-2-4-10(11)5-9/h2-5,8H,6-7,12H2,1H3. The van der Waals surface area contributed by atoms with Gasteiger partial charge >= 0.3 is 0 Å². The summed E-state index contributed by atoms with van der Waals surface area (Å²) in [5.41, 5.74) is 6.71. The van der Waals surface area contributed by atoms with Gasteiger partial charge in [-0.05, 0) is 24.6 Å². The van der Waals surface area contributed by atoms with Crippen LogP contribution >= 0.6 is 15.9 Å². The highest BCUT2D eigenvalue weighted by atomic mass is 79.9. The Bertz CT molecular complexity index is 263. The molecule has 1 aromatic rings. The molecule has 1 atom stereocenters. The summed E-state index contributed by atoms with van der Waals surface area (Å²) in [6.07, 6.45) is 0. The highest BCUT2D eigenvalue weighted by Gasteiger charge is 1.96. The fraction of sp³-hybridized carbons (Fsp3) is 0.400. The molecule has 1 unspecified atom stereocenters. The van der Waals surface area contributed by atoms with Gasteiger partial charge in [0.1, 0.15) is 0 Å². The Balaban J connectivity index is 2.37. The van der Waals surface area contributed by atoms with E-state index < -0.39 is 0 Å². The second-order valence-corrected chi connectivity index (χ2v) is 4.04. The molecule has 0 aromatic heterocycles. The van der Waals surface area contributed by atoms with E-state index in [0.29, 0.717) is 13.2 Å². The predicted octanol–water partition coefficient (Wildman–Crippen LogP) is 2.31. The maximum absolute atomic E-state index is 5.55. The molecule has 0 fully saturated rings. The molecular formula is C10H14BrNO. The van der Waals surface area contributed by atoms with E-state index in [-0.39, 0.29) is 6.04 Å². The SMILES string of the molecule is CC(N)COCc1cccc(Br)c1. The summed E-state index contributed by atoms with van der Waals surface area (Å²) in [7, 11) is 0. The monoisotopic (exact) mass is 243 g/mol. The fourth-order valence-corrected chi connectivity index (χ4v) is 1.44. The first-order valence-electron chi connectivity index (χ1n) is 4.26. The number of nitrogens with two attached hydrogens (primary N) is 1. The van der Waals surface area contributed by atoms with Crippen molar-refractivity contribution in [2.45, 2.75) is 19.6 Å². The number of benzene rings is 1. The molecule has 72 valence electrons. The Kier molecular flexibility index (Phi) is 4.42. The second kappa shape index (κ2) is 5.37. The summed E-state index contributed by atoms with van der Waals surface area (Å²) in [5.74, 6) is 0. The van der Waals surface area contributed by atoms with Gasteiger partial charge in [0.15, 0.2) is 0 Å². The molecule has 0 aliphatic heterocycles. The maximum Gasteiger partial charge on any atom is 0.0718 e. The molecule has 2 N–H and O–H groups in total. The molecule has 0 aliphatic rings. The molecule has 0 amide bonds. The van der Waals surface area contributed by atoms with Crippen LogP contribution in [0.5, 0.6) is 0 Å². The number of rotatable bonds is 4. The molecule has 0 bridgehead atoms. The molecule has 0 radical (unpaired) electrons. The van der Waals surface area contributed by atoms with Gasteiger partial charge in [-0.3, -0.25) is 0 Å². The van der Waals surface area contributed by atoms with Crippen LogP contribution in [0.4, 0.5) is 0 Å². The first-order chi connectivity index (χ1) is 6.18. The summed E-state index contributed by atoms with van der Waals surface area (Å²) in [5, 5.41) is 0. The van der Waals surface area contributed by atoms with Crippen molar-refractivity contribution in [1.29, 1.82) is 0 Å². The maximum atomic E-state index is 5.55. The second-order valence-electron chi connectivity index (χ2n) is 3.12. The Morgan fingerprint density at radius 3 is 2.92 bits per heavy atom. The Hall–Kier alpha value is -0.380. The minimum atomic E-state index is 0.104. The van der Waals surface area contributed by atoms with E-state index in [4.69, 9.17) is 10.5 Å². The summed E-state index contributed by atoms with van der Waals surface area (Å²) in [6, 6.07) is 8.17. The van der Waals surface area contributed by atoms with Crippen molar-refractivity contribution in [2.75, 3.05) is 6.61 Å². The van der Waals surface area contributed by atoms with Gasteiger partial charge in [-0.25, -0.2) is 0 Å². The number of ether oxygens (including phenoxy) is 1. The lowest BCUT2D eigenvalue weighted by molar-refractivity contribution is 0.111. The lowest BCUT2D eigenvalue weighted by atomic mass is 10.2. The minimum absolute atomic E-state index is 0.104. The normalized spacial score (nSPS) is 12.8. The molecule has 1 rings (SSSR count). The van der Waals surface area contributed by atoms with Crippen LogP contribution in [0.3, 0.4) is 0 Å². The number of hydrogen-bond acceptors (Lipinski definition) is 2. The van der Waals surface area contributed by atoms with Gasteiger partial charge in [-0.2, -0.15) is 0 Å². The third-order valence-corrected chi connectivity index (χ3v) is 2.03. The zero-order valence-corrected chi connectivity index (χ0v) is 9.25. The van der Waals surface area contributed by atoms with Crippen molar-refractivity contribution in [2.24, 2.45) is 5.73 Å². The van der Waals surface area contributed by atoms with Crippen molar-refractivity contribution in [3.8, 4) is 0 Å². The molecule has 0 heterocycles. The van der Waals surface area contributed by atoms with Crippen LogP contribution in [0.15, 0.2) is 28.7 Å². The van der Waals surface area contributed by atoms with Crippen molar-refractivity contribution < 1.29 is 4.74 Å². The molecule has 0 spiro atoms. The summed E-state index contributed by atoms with van der Waals surface area (Å²) in [6.45, 7) is 3.16. The Labute approximate surface area is 87.2 Å². The van der Waals surface area contributed by atoms with Crippen LogP contribution in [0.2, 0.25) is 0 Å². The van der Waals surface area contributed by atoms with E-state index in [2.05, 4.69) is 15.9 Å². The van der Waals surface area contributed by atoms with Gasteiger partial charge in [-0.1, -0.05) is 28.1 Å². The first-order valence-corrected chi connectivity index (χ1v) is 5.05. The number of hydrogen-bond donors (Lipinski definition) is 1. The molecule has 0 saturated heterocycles. The first kappa shape index (κ1) is 10.7. The summed E-state index contributed by atoms with van der Waals surface area (Å²) >= 11 is 3.40. The summed E-state index contributed by atoms with van der Waals surface area (Å²) in [4.78, 5) is 0. The van der Waals surface area contributed by atoms with Gasteiger partial charge in [0.05, 0.1) is 13.2 Å². The van der Waals surface area contributed by atoms with Crippen molar-refractivity contribution in [3.05, 3.63) is 34.3 Å². The van der Waals surface area contributed by atoms with Crippen LogP contribution in [-0.4, -0.2) is 12.6 Å². The average Bonchev–Trinajstić information content (AvgIpc) is 2.03. The van der Waals surface area contributed by atoms with Crippen LogP contribution < -0.4 is 5.73 Å². The topological polar surface area (TPSA) is 35.2 Å². The Morgan fingerprint density at radius 2 is 2.31 bits per heavy atom. The van der Waals surface area contributed by atoms with Gasteiger partial charge in [0, 0.05) is 10.5 Å². The van der Waals surface area contributed by atoms with E-state index in [1.807, 2.05) is 31.2 Å². The van der Waals surface area contributed by atoms with Crippen molar-refractivity contribution in [3.63, 3.8) is 0 Å². The smallest absolute Gasteiger partial charge is 0.0718 e. The molecule has 13 heavy (non-hydrogen) atoms. The van der Waals surface area contributed by atoms with E-state index >= 15 is 0 Å². The highest BCUT2D eigenvalue weighted by molar-refractivity contribution is 9.10. The fourth-order valence-electron chi connectivity index (χ4n) is 0.989.